The van der Waals surface area contributed by atoms with Gasteiger partial charge in [-0.1, -0.05) is 41.5 Å². The molecule has 112 valence electrons. The minimum Gasteiger partial charge on any atom is -0.467 e. The second-order valence-corrected chi connectivity index (χ2v) is 6.23. The van der Waals surface area contributed by atoms with Gasteiger partial charge in [0.1, 0.15) is 6.04 Å². The van der Waals surface area contributed by atoms with Crippen molar-refractivity contribution in [3.63, 3.8) is 0 Å². The topological polar surface area (TPSA) is 55.4 Å². The lowest BCUT2D eigenvalue weighted by molar-refractivity contribution is -0.147. The van der Waals surface area contributed by atoms with Crippen LogP contribution >= 0.6 is 0 Å². The van der Waals surface area contributed by atoms with E-state index in [-0.39, 0.29) is 29.6 Å². The minimum absolute atomic E-state index is 0.0169. The van der Waals surface area contributed by atoms with Crippen molar-refractivity contribution in [2.45, 2.75) is 54.0 Å². The second-order valence-electron chi connectivity index (χ2n) is 6.23. The Kier molecular flexibility index (Phi) is 7.72. The largest absolute Gasteiger partial charge is 0.467 e. The van der Waals surface area contributed by atoms with Crippen LogP contribution in [0.25, 0.3) is 0 Å². The Labute approximate surface area is 117 Å². The van der Waals surface area contributed by atoms with Crippen molar-refractivity contribution in [3.8, 4) is 0 Å². The van der Waals surface area contributed by atoms with Crippen LogP contribution in [0.15, 0.2) is 0 Å². The summed E-state index contributed by atoms with van der Waals surface area (Å²) in [5.74, 6) is 0.235. The summed E-state index contributed by atoms with van der Waals surface area (Å²) in [4.78, 5) is 24.0. The SMILES string of the molecule is COC(=O)[C@@H](NC(=O)C(CC(C)C)C(C)C)C(C)C. The number of methoxy groups -OCH3 is 1. The van der Waals surface area contributed by atoms with Gasteiger partial charge in [0.15, 0.2) is 0 Å². The Morgan fingerprint density at radius 3 is 1.84 bits per heavy atom. The average Bonchev–Trinajstić information content (AvgIpc) is 2.30. The fraction of sp³-hybridized carbons (Fsp3) is 0.867. The number of nitrogens with one attached hydrogen (secondary N) is 1. The predicted molar refractivity (Wildman–Crippen MR) is 76.6 cm³/mol. The van der Waals surface area contributed by atoms with Crippen LogP contribution in [0.3, 0.4) is 0 Å². The summed E-state index contributed by atoms with van der Waals surface area (Å²) in [6.07, 6.45) is 0.829. The molecule has 1 amide bonds. The zero-order chi connectivity index (χ0) is 15.2. The van der Waals surface area contributed by atoms with Crippen LogP contribution in [0.5, 0.6) is 0 Å². The van der Waals surface area contributed by atoms with Gasteiger partial charge >= 0.3 is 5.97 Å². The molecule has 0 aromatic carbocycles. The van der Waals surface area contributed by atoms with Crippen molar-refractivity contribution in [2.24, 2.45) is 23.7 Å². The van der Waals surface area contributed by atoms with Crippen molar-refractivity contribution in [2.75, 3.05) is 7.11 Å². The molecule has 0 saturated carbocycles. The van der Waals surface area contributed by atoms with Crippen LogP contribution in [0, 0.1) is 23.7 Å². The Hall–Kier alpha value is -1.06. The Morgan fingerprint density at radius 1 is 1.00 bits per heavy atom. The molecule has 0 aliphatic rings. The maximum atomic E-state index is 12.3. The molecular weight excluding hydrogens is 242 g/mol. The van der Waals surface area contributed by atoms with Gasteiger partial charge in [0.05, 0.1) is 7.11 Å². The highest BCUT2D eigenvalue weighted by Crippen LogP contribution is 2.21. The number of carbonyl (C=O) groups excluding carboxylic acids is 2. The van der Waals surface area contributed by atoms with E-state index in [0.717, 1.165) is 6.42 Å². The van der Waals surface area contributed by atoms with Crippen LogP contribution in [0.2, 0.25) is 0 Å². The lowest BCUT2D eigenvalue weighted by Gasteiger charge is -2.26. The number of esters is 1. The maximum absolute atomic E-state index is 12.3. The van der Waals surface area contributed by atoms with Crippen LogP contribution in [-0.4, -0.2) is 25.0 Å². The molecule has 0 heterocycles. The molecule has 0 radical (unpaired) electrons. The molecule has 4 heteroatoms. The molecule has 0 aliphatic heterocycles. The number of carbonyl (C=O) groups is 2. The lowest BCUT2D eigenvalue weighted by atomic mass is 9.86. The first-order valence-corrected chi connectivity index (χ1v) is 7.08. The van der Waals surface area contributed by atoms with Crippen molar-refractivity contribution < 1.29 is 14.3 Å². The molecule has 1 N–H and O–H groups in total. The quantitative estimate of drug-likeness (QED) is 0.724. The Bertz CT molecular complexity index is 298. The highest BCUT2D eigenvalue weighted by atomic mass is 16.5. The summed E-state index contributed by atoms with van der Waals surface area (Å²) < 4.78 is 4.74. The molecule has 1 unspecified atom stereocenters. The van der Waals surface area contributed by atoms with Crippen LogP contribution in [0.4, 0.5) is 0 Å². The van der Waals surface area contributed by atoms with Gasteiger partial charge in [-0.05, 0) is 24.2 Å². The van der Waals surface area contributed by atoms with E-state index in [1.165, 1.54) is 7.11 Å². The van der Waals surface area contributed by atoms with E-state index in [4.69, 9.17) is 4.74 Å². The molecule has 0 aromatic rings. The smallest absolute Gasteiger partial charge is 0.328 e. The highest BCUT2D eigenvalue weighted by Gasteiger charge is 2.30. The molecule has 0 rings (SSSR count). The summed E-state index contributed by atoms with van der Waals surface area (Å²) in [7, 11) is 1.35. The van der Waals surface area contributed by atoms with E-state index in [0.29, 0.717) is 5.92 Å². The molecule has 0 saturated heterocycles. The summed E-state index contributed by atoms with van der Waals surface area (Å²) in [6.45, 7) is 12.1. The molecule has 0 aromatic heterocycles. The Balaban J connectivity index is 4.81. The third-order valence-electron chi connectivity index (χ3n) is 3.29. The summed E-state index contributed by atoms with van der Waals surface area (Å²) in [5.41, 5.74) is 0. The minimum atomic E-state index is -0.564. The number of amides is 1. The molecule has 2 atom stereocenters. The van der Waals surface area contributed by atoms with Gasteiger partial charge in [0, 0.05) is 5.92 Å². The summed E-state index contributed by atoms with van der Waals surface area (Å²) >= 11 is 0. The van der Waals surface area contributed by atoms with E-state index < -0.39 is 6.04 Å². The van der Waals surface area contributed by atoms with E-state index in [1.54, 1.807) is 0 Å². The lowest BCUT2D eigenvalue weighted by Crippen LogP contribution is -2.48. The molecule has 0 aliphatic carbocycles. The predicted octanol–water partition coefficient (Wildman–Crippen LogP) is 2.62. The molecule has 0 bridgehead atoms. The van der Waals surface area contributed by atoms with Crippen molar-refractivity contribution in [1.82, 2.24) is 5.32 Å². The number of rotatable bonds is 7. The fourth-order valence-electron chi connectivity index (χ4n) is 2.07. The Morgan fingerprint density at radius 2 is 1.53 bits per heavy atom. The summed E-state index contributed by atoms with van der Waals surface area (Å²) in [6, 6.07) is -0.564. The van der Waals surface area contributed by atoms with Gasteiger partial charge in [0.2, 0.25) is 5.91 Å². The zero-order valence-electron chi connectivity index (χ0n) is 13.3. The van der Waals surface area contributed by atoms with Crippen molar-refractivity contribution in [1.29, 1.82) is 0 Å². The summed E-state index contributed by atoms with van der Waals surface area (Å²) in [5, 5.41) is 2.84. The third kappa shape index (κ3) is 6.08. The van der Waals surface area contributed by atoms with E-state index in [1.807, 2.05) is 27.7 Å². The number of hydrogen-bond acceptors (Lipinski definition) is 3. The third-order valence-corrected chi connectivity index (χ3v) is 3.29. The number of ether oxygens (including phenoxy) is 1. The maximum Gasteiger partial charge on any atom is 0.328 e. The van der Waals surface area contributed by atoms with Gasteiger partial charge in [-0.25, -0.2) is 4.79 Å². The first-order chi connectivity index (χ1) is 8.70. The molecular formula is C15H29NO3. The molecule has 0 fully saturated rings. The average molecular weight is 271 g/mol. The van der Waals surface area contributed by atoms with Gasteiger partial charge in [-0.15, -0.1) is 0 Å². The van der Waals surface area contributed by atoms with Crippen LogP contribution < -0.4 is 5.32 Å². The number of hydrogen-bond donors (Lipinski definition) is 1. The van der Waals surface area contributed by atoms with Crippen molar-refractivity contribution >= 4 is 11.9 Å². The van der Waals surface area contributed by atoms with Gasteiger partial charge in [0.25, 0.3) is 0 Å². The van der Waals surface area contributed by atoms with Crippen LogP contribution in [-0.2, 0) is 14.3 Å². The van der Waals surface area contributed by atoms with Gasteiger partial charge < -0.3 is 10.1 Å². The molecule has 0 spiro atoms. The van der Waals surface area contributed by atoms with Crippen molar-refractivity contribution in [3.05, 3.63) is 0 Å². The van der Waals surface area contributed by atoms with Gasteiger partial charge in [-0.3, -0.25) is 4.79 Å². The molecule has 4 nitrogen and oxygen atoms in total. The zero-order valence-corrected chi connectivity index (χ0v) is 13.3. The molecule has 19 heavy (non-hydrogen) atoms. The monoisotopic (exact) mass is 271 g/mol. The highest BCUT2D eigenvalue weighted by molar-refractivity contribution is 5.86. The van der Waals surface area contributed by atoms with E-state index in [9.17, 15) is 9.59 Å². The van der Waals surface area contributed by atoms with Crippen LogP contribution in [0.1, 0.15) is 48.0 Å². The fourth-order valence-corrected chi connectivity index (χ4v) is 2.07. The van der Waals surface area contributed by atoms with Gasteiger partial charge in [-0.2, -0.15) is 0 Å². The van der Waals surface area contributed by atoms with E-state index in [2.05, 4.69) is 19.2 Å². The normalized spacial score (nSPS) is 14.6. The standard InChI is InChI=1S/C15H29NO3/c1-9(2)8-12(10(3)4)14(17)16-13(11(5)6)15(18)19-7/h9-13H,8H2,1-7H3,(H,16,17)/t12?,13-/m0/s1. The second kappa shape index (κ2) is 8.18. The first-order valence-electron chi connectivity index (χ1n) is 7.08. The first kappa shape index (κ1) is 17.9. The van der Waals surface area contributed by atoms with E-state index >= 15 is 0 Å².